The van der Waals surface area contributed by atoms with Crippen LogP contribution in [0.3, 0.4) is 0 Å². The van der Waals surface area contributed by atoms with E-state index in [1.165, 1.54) is 5.57 Å². The lowest BCUT2D eigenvalue weighted by atomic mass is 9.75. The Morgan fingerprint density at radius 3 is 3.00 bits per heavy atom. The molecule has 0 bridgehead atoms. The lowest BCUT2D eigenvalue weighted by Gasteiger charge is -2.36. The maximum Gasteiger partial charge on any atom is 0.294 e. The van der Waals surface area contributed by atoms with Gasteiger partial charge in [-0.05, 0) is 56.7 Å². The number of nitrogens with zero attached hydrogens (tertiary/aromatic N) is 1. The third-order valence-corrected chi connectivity index (χ3v) is 5.15. The normalized spacial score (nSPS) is 21.6. The molecule has 1 heterocycles. The van der Waals surface area contributed by atoms with Crippen molar-refractivity contribution < 1.29 is 19.8 Å². The summed E-state index contributed by atoms with van der Waals surface area (Å²) in [6.45, 7) is 3.00. The maximum atomic E-state index is 10.6. The van der Waals surface area contributed by atoms with Gasteiger partial charge < -0.3 is 14.7 Å². The van der Waals surface area contributed by atoms with Crippen LogP contribution in [0, 0.1) is 16.0 Å². The topological polar surface area (TPSA) is 81.8 Å². The van der Waals surface area contributed by atoms with Gasteiger partial charge in [0.25, 0.3) is 5.09 Å². The van der Waals surface area contributed by atoms with Crippen LogP contribution in [-0.4, -0.2) is 23.4 Å². The van der Waals surface area contributed by atoms with E-state index in [9.17, 15) is 15.2 Å². The summed E-state index contributed by atoms with van der Waals surface area (Å²) in [6, 6.07) is 3.88. The van der Waals surface area contributed by atoms with Gasteiger partial charge in [-0.15, -0.1) is 10.1 Å². The first-order valence-corrected chi connectivity index (χ1v) is 8.98. The molecule has 0 amide bonds. The Bertz CT molecular complexity index is 670. The van der Waals surface area contributed by atoms with Gasteiger partial charge in [-0.2, -0.15) is 0 Å². The monoisotopic (exact) mass is 347 g/mol. The Morgan fingerprint density at radius 2 is 2.20 bits per heavy atom. The number of phenolic OH excluding ortho intramolecular Hbond substituents is 1. The molecule has 0 radical (unpaired) electrons. The average molecular weight is 347 g/mol. The number of unbranched alkanes of at least 4 members (excludes halogenated alkanes) is 2. The molecule has 0 aromatic heterocycles. The van der Waals surface area contributed by atoms with Crippen molar-refractivity contribution in [2.24, 2.45) is 5.92 Å². The van der Waals surface area contributed by atoms with E-state index in [4.69, 9.17) is 4.74 Å². The van der Waals surface area contributed by atoms with Gasteiger partial charge >= 0.3 is 0 Å². The van der Waals surface area contributed by atoms with Crippen molar-refractivity contribution >= 4 is 0 Å². The van der Waals surface area contributed by atoms with Crippen molar-refractivity contribution in [3.63, 3.8) is 0 Å². The number of fused-ring (bicyclic) bond motifs is 3. The van der Waals surface area contributed by atoms with Crippen LogP contribution >= 0.6 is 0 Å². The minimum absolute atomic E-state index is 0.139. The van der Waals surface area contributed by atoms with E-state index in [1.54, 1.807) is 0 Å². The van der Waals surface area contributed by atoms with Gasteiger partial charge in [0, 0.05) is 17.4 Å². The fraction of sp³-hybridized carbons (Fsp3) is 0.579. The van der Waals surface area contributed by atoms with Gasteiger partial charge in [-0.1, -0.05) is 18.1 Å². The van der Waals surface area contributed by atoms with Crippen LogP contribution < -0.4 is 4.74 Å². The van der Waals surface area contributed by atoms with E-state index in [0.717, 1.165) is 49.0 Å². The smallest absolute Gasteiger partial charge is 0.294 e. The predicted octanol–water partition coefficient (Wildman–Crippen LogP) is 4.15. The number of hydrogen-bond acceptors (Lipinski definition) is 5. The molecule has 0 spiro atoms. The Balaban J connectivity index is 1.62. The van der Waals surface area contributed by atoms with Crippen molar-refractivity contribution in [2.75, 3.05) is 13.2 Å². The summed E-state index contributed by atoms with van der Waals surface area (Å²) in [5.74, 6) is 1.84. The fourth-order valence-electron chi connectivity index (χ4n) is 3.83. The van der Waals surface area contributed by atoms with Crippen LogP contribution in [0.2, 0.25) is 0 Å². The summed E-state index contributed by atoms with van der Waals surface area (Å²) in [7, 11) is 0. The quantitative estimate of drug-likeness (QED) is 0.347. The third kappa shape index (κ3) is 4.24. The summed E-state index contributed by atoms with van der Waals surface area (Å²) >= 11 is 0. The van der Waals surface area contributed by atoms with Gasteiger partial charge in [0.15, 0.2) is 0 Å². The summed E-state index contributed by atoms with van der Waals surface area (Å²) < 4.78 is 5.94. The molecule has 1 aliphatic carbocycles. The highest BCUT2D eigenvalue weighted by Crippen LogP contribution is 2.47. The average Bonchev–Trinajstić information content (AvgIpc) is 2.57. The number of aryl methyl sites for hydroxylation is 1. The highest BCUT2D eigenvalue weighted by Gasteiger charge is 2.34. The summed E-state index contributed by atoms with van der Waals surface area (Å²) in [5.41, 5.74) is 3.36. The summed E-state index contributed by atoms with van der Waals surface area (Å²) in [5, 5.41) is 19.9. The van der Waals surface area contributed by atoms with Crippen molar-refractivity contribution in [2.45, 2.75) is 51.4 Å². The van der Waals surface area contributed by atoms with Gasteiger partial charge in [0.05, 0.1) is 13.2 Å². The second-order valence-corrected chi connectivity index (χ2v) is 7.04. The zero-order valence-electron chi connectivity index (χ0n) is 14.6. The van der Waals surface area contributed by atoms with E-state index in [-0.39, 0.29) is 12.5 Å². The summed E-state index contributed by atoms with van der Waals surface area (Å²) in [6.07, 6.45) is 7.71. The van der Waals surface area contributed by atoms with Gasteiger partial charge in [-0.3, -0.25) is 0 Å². The van der Waals surface area contributed by atoms with Crippen molar-refractivity contribution in [3.8, 4) is 11.5 Å². The van der Waals surface area contributed by atoms with E-state index in [0.29, 0.717) is 24.7 Å². The van der Waals surface area contributed by atoms with E-state index in [2.05, 4.69) is 17.8 Å². The van der Waals surface area contributed by atoms with E-state index < -0.39 is 5.09 Å². The second kappa shape index (κ2) is 7.76. The lowest BCUT2D eigenvalue weighted by Crippen LogP contribution is -2.27. The van der Waals surface area contributed by atoms with Crippen molar-refractivity contribution in [3.05, 3.63) is 45.0 Å². The van der Waals surface area contributed by atoms with Crippen molar-refractivity contribution in [1.82, 2.24) is 0 Å². The predicted molar refractivity (Wildman–Crippen MR) is 93.3 cm³/mol. The molecule has 1 N–H and O–H groups in total. The molecular weight excluding hydrogens is 322 g/mol. The molecule has 6 nitrogen and oxygen atoms in total. The molecular formula is C19H25NO5. The number of benzene rings is 1. The number of hydrogen-bond donors (Lipinski definition) is 1. The second-order valence-electron chi connectivity index (χ2n) is 7.04. The number of rotatable bonds is 7. The number of phenols is 1. The molecule has 0 saturated carbocycles. The number of ether oxygens (including phenoxy) is 1. The van der Waals surface area contributed by atoms with Crippen molar-refractivity contribution in [1.29, 1.82) is 0 Å². The molecule has 1 aromatic carbocycles. The summed E-state index contributed by atoms with van der Waals surface area (Å²) in [4.78, 5) is 14.4. The zero-order chi connectivity index (χ0) is 17.8. The highest BCUT2D eigenvalue weighted by atomic mass is 16.9. The standard InChI is InChI=1S/C19H25NO5/c1-13-6-7-15-12-24-18-11-14(5-3-2-4-8-25-20(22)23)10-17(21)19(18)16(15)9-13/h9-11,15-16,21H,2-8,12H2,1H3/t15-,16-/m1/s1. The van der Waals surface area contributed by atoms with E-state index in [1.807, 2.05) is 12.1 Å². The molecule has 6 heteroatoms. The lowest BCUT2D eigenvalue weighted by molar-refractivity contribution is -0.757. The molecule has 3 rings (SSSR count). The Kier molecular flexibility index (Phi) is 5.46. The Morgan fingerprint density at radius 1 is 1.36 bits per heavy atom. The maximum absolute atomic E-state index is 10.6. The van der Waals surface area contributed by atoms with Crippen LogP contribution in [0.1, 0.15) is 56.1 Å². The molecule has 0 unspecified atom stereocenters. The molecule has 1 aliphatic heterocycles. The van der Waals surface area contributed by atoms with Crippen LogP contribution in [0.25, 0.3) is 0 Å². The minimum Gasteiger partial charge on any atom is -0.507 e. The SMILES string of the molecule is CC1=C[C@H]2c3c(O)cc(CCCCCO[N+](=O)[O-])cc3OC[C@H]2CC1. The molecule has 136 valence electrons. The molecule has 1 aromatic rings. The zero-order valence-corrected chi connectivity index (χ0v) is 14.6. The first-order chi connectivity index (χ1) is 12.0. The number of aromatic hydroxyl groups is 1. The molecule has 25 heavy (non-hydrogen) atoms. The van der Waals surface area contributed by atoms with Gasteiger partial charge in [0.2, 0.25) is 0 Å². The van der Waals surface area contributed by atoms with Crippen LogP contribution in [0.4, 0.5) is 0 Å². The largest absolute Gasteiger partial charge is 0.507 e. The van der Waals surface area contributed by atoms with Crippen LogP contribution in [-0.2, 0) is 11.3 Å². The highest BCUT2D eigenvalue weighted by molar-refractivity contribution is 5.53. The third-order valence-electron chi connectivity index (χ3n) is 5.15. The Labute approximate surface area is 147 Å². The van der Waals surface area contributed by atoms with Gasteiger partial charge in [-0.25, -0.2) is 0 Å². The first kappa shape index (κ1) is 17.6. The van der Waals surface area contributed by atoms with Gasteiger partial charge in [0.1, 0.15) is 11.5 Å². The van der Waals surface area contributed by atoms with Crippen LogP contribution in [0.15, 0.2) is 23.8 Å². The molecule has 2 aliphatic rings. The first-order valence-electron chi connectivity index (χ1n) is 8.98. The Hall–Kier alpha value is -2.24. The molecule has 0 saturated heterocycles. The van der Waals surface area contributed by atoms with E-state index >= 15 is 0 Å². The minimum atomic E-state index is -0.756. The molecule has 0 fully saturated rings. The molecule has 2 atom stereocenters. The van der Waals surface area contributed by atoms with Crippen LogP contribution in [0.5, 0.6) is 11.5 Å². The number of allylic oxidation sites excluding steroid dienone is 2. The fourth-order valence-corrected chi connectivity index (χ4v) is 3.83.